The van der Waals surface area contributed by atoms with Crippen molar-refractivity contribution in [3.05, 3.63) is 109 Å². The molecule has 0 atom stereocenters. The van der Waals surface area contributed by atoms with Gasteiger partial charge in [0.1, 0.15) is 22.3 Å². The summed E-state index contributed by atoms with van der Waals surface area (Å²) in [6, 6.07) is 38.3. The molecule has 34 heavy (non-hydrogen) atoms. The van der Waals surface area contributed by atoms with Gasteiger partial charge >= 0.3 is 0 Å². The van der Waals surface area contributed by atoms with Crippen LogP contribution in [0.1, 0.15) is 0 Å². The van der Waals surface area contributed by atoms with Crippen LogP contribution in [0, 0.1) is 0 Å². The Kier molecular flexibility index (Phi) is 3.42. The van der Waals surface area contributed by atoms with Gasteiger partial charge in [-0.1, -0.05) is 84.9 Å². The summed E-state index contributed by atoms with van der Waals surface area (Å²) in [7, 11) is 0. The molecule has 0 bridgehead atoms. The van der Waals surface area contributed by atoms with E-state index in [0.717, 1.165) is 60.4 Å². The van der Waals surface area contributed by atoms with Crippen LogP contribution in [0.5, 0.6) is 0 Å². The topological polar surface area (TPSA) is 26.3 Å². The van der Waals surface area contributed by atoms with Gasteiger partial charge in [0.25, 0.3) is 0 Å². The molecule has 8 rings (SSSR count). The molecule has 0 radical (unpaired) electrons. The van der Waals surface area contributed by atoms with E-state index in [1.165, 1.54) is 16.2 Å². The van der Waals surface area contributed by atoms with Crippen molar-refractivity contribution in [2.45, 2.75) is 0 Å². The highest BCUT2D eigenvalue weighted by atomic mass is 16.3. The predicted octanol–water partition coefficient (Wildman–Crippen LogP) is 9.46. The van der Waals surface area contributed by atoms with E-state index in [0.29, 0.717) is 0 Å². The predicted molar refractivity (Wildman–Crippen MR) is 141 cm³/mol. The summed E-state index contributed by atoms with van der Waals surface area (Å²) in [6.07, 6.45) is 0. The number of rotatable bonds is 1. The number of hydrogen-bond donors (Lipinski definition) is 0. The van der Waals surface area contributed by atoms with E-state index in [1.807, 2.05) is 12.1 Å². The maximum absolute atomic E-state index is 6.47. The first-order chi connectivity index (χ1) is 16.8. The van der Waals surface area contributed by atoms with Crippen molar-refractivity contribution in [2.75, 3.05) is 0 Å². The summed E-state index contributed by atoms with van der Waals surface area (Å²) >= 11 is 0. The van der Waals surface area contributed by atoms with Gasteiger partial charge in [-0.3, -0.25) is 0 Å². The van der Waals surface area contributed by atoms with Gasteiger partial charge in [0.05, 0.1) is 0 Å². The SMILES string of the molecule is c1ccc2c(c1)ccc1oc3c(-c4ccc5ccc6c7ccccc7oc6c5c4)cccc3c12. The lowest BCUT2D eigenvalue weighted by molar-refractivity contribution is 0.670. The molecule has 6 aromatic carbocycles. The number of para-hydroxylation sites is 2. The van der Waals surface area contributed by atoms with Crippen molar-refractivity contribution in [1.29, 1.82) is 0 Å². The lowest BCUT2D eigenvalue weighted by Gasteiger charge is -2.06. The number of fused-ring (bicyclic) bond motifs is 10. The van der Waals surface area contributed by atoms with Crippen LogP contribution in [0.3, 0.4) is 0 Å². The van der Waals surface area contributed by atoms with Gasteiger partial charge in [0.15, 0.2) is 0 Å². The van der Waals surface area contributed by atoms with Gasteiger partial charge in [-0.05, 0) is 46.0 Å². The lowest BCUT2D eigenvalue weighted by atomic mass is 9.97. The third kappa shape index (κ3) is 2.35. The summed E-state index contributed by atoms with van der Waals surface area (Å²) in [4.78, 5) is 0. The van der Waals surface area contributed by atoms with Gasteiger partial charge in [0.2, 0.25) is 0 Å². The standard InChI is InChI=1S/C32H18O2/c1-2-7-22-19(6-1)15-17-29-30(22)26-10-5-9-23(31(26)34-29)21-13-12-20-14-16-25-24-8-3-4-11-28(24)33-32(25)27(20)18-21/h1-18H. The first-order valence-electron chi connectivity index (χ1n) is 11.5. The first-order valence-corrected chi connectivity index (χ1v) is 11.5. The second-order valence-electron chi connectivity index (χ2n) is 8.92. The second-order valence-corrected chi connectivity index (χ2v) is 8.92. The Bertz CT molecular complexity index is 2070. The number of hydrogen-bond acceptors (Lipinski definition) is 2. The van der Waals surface area contributed by atoms with Crippen LogP contribution in [0.25, 0.3) is 76.5 Å². The minimum Gasteiger partial charge on any atom is -0.455 e. The number of benzene rings is 6. The maximum Gasteiger partial charge on any atom is 0.143 e. The van der Waals surface area contributed by atoms with Crippen LogP contribution in [-0.2, 0) is 0 Å². The van der Waals surface area contributed by atoms with Gasteiger partial charge in [0, 0.05) is 32.5 Å². The zero-order valence-corrected chi connectivity index (χ0v) is 18.2. The average molecular weight is 434 g/mol. The van der Waals surface area contributed by atoms with Crippen LogP contribution < -0.4 is 0 Å². The van der Waals surface area contributed by atoms with Crippen LogP contribution in [0.2, 0.25) is 0 Å². The van der Waals surface area contributed by atoms with E-state index in [9.17, 15) is 0 Å². The van der Waals surface area contributed by atoms with Crippen LogP contribution in [-0.4, -0.2) is 0 Å². The highest BCUT2D eigenvalue weighted by Crippen LogP contribution is 2.41. The fraction of sp³-hybridized carbons (Fsp3) is 0. The molecule has 2 aromatic heterocycles. The highest BCUT2D eigenvalue weighted by Gasteiger charge is 2.16. The summed E-state index contributed by atoms with van der Waals surface area (Å²) in [6.45, 7) is 0. The molecular formula is C32H18O2. The van der Waals surface area contributed by atoms with Crippen molar-refractivity contribution in [3.8, 4) is 11.1 Å². The van der Waals surface area contributed by atoms with Crippen molar-refractivity contribution in [3.63, 3.8) is 0 Å². The maximum atomic E-state index is 6.47. The Hall–Kier alpha value is -4.56. The van der Waals surface area contributed by atoms with E-state index in [1.54, 1.807) is 0 Å². The molecule has 0 saturated carbocycles. The normalized spacial score (nSPS) is 12.1. The van der Waals surface area contributed by atoms with Crippen LogP contribution in [0.15, 0.2) is 118 Å². The van der Waals surface area contributed by atoms with E-state index in [2.05, 4.69) is 97.1 Å². The molecule has 2 nitrogen and oxygen atoms in total. The quantitative estimate of drug-likeness (QED) is 0.257. The van der Waals surface area contributed by atoms with Crippen molar-refractivity contribution < 1.29 is 8.83 Å². The second kappa shape index (κ2) is 6.49. The Morgan fingerprint density at radius 3 is 2.12 bits per heavy atom. The Balaban J connectivity index is 1.44. The summed E-state index contributed by atoms with van der Waals surface area (Å²) in [5.74, 6) is 0. The summed E-state index contributed by atoms with van der Waals surface area (Å²) in [5, 5.41) is 9.34. The fourth-order valence-corrected chi connectivity index (χ4v) is 5.47. The number of furan rings is 2. The molecule has 2 heterocycles. The van der Waals surface area contributed by atoms with E-state index < -0.39 is 0 Å². The molecule has 0 unspecified atom stereocenters. The Morgan fingerprint density at radius 2 is 1.15 bits per heavy atom. The highest BCUT2D eigenvalue weighted by molar-refractivity contribution is 6.21. The Labute approximate surface area is 194 Å². The molecule has 0 aliphatic carbocycles. The summed E-state index contributed by atoms with van der Waals surface area (Å²) in [5.41, 5.74) is 5.90. The van der Waals surface area contributed by atoms with Crippen LogP contribution in [0.4, 0.5) is 0 Å². The largest absolute Gasteiger partial charge is 0.455 e. The molecule has 8 aromatic rings. The van der Waals surface area contributed by atoms with Crippen molar-refractivity contribution >= 4 is 65.4 Å². The molecule has 0 N–H and O–H groups in total. The van der Waals surface area contributed by atoms with E-state index >= 15 is 0 Å². The molecule has 0 amide bonds. The third-order valence-corrected chi connectivity index (χ3v) is 7.06. The molecule has 0 aliphatic rings. The van der Waals surface area contributed by atoms with Crippen molar-refractivity contribution in [1.82, 2.24) is 0 Å². The smallest absolute Gasteiger partial charge is 0.143 e. The average Bonchev–Trinajstić information content (AvgIpc) is 3.47. The molecule has 0 fully saturated rings. The first kappa shape index (κ1) is 17.9. The lowest BCUT2D eigenvalue weighted by Crippen LogP contribution is -1.81. The van der Waals surface area contributed by atoms with E-state index in [4.69, 9.17) is 8.83 Å². The fourth-order valence-electron chi connectivity index (χ4n) is 5.47. The molecule has 0 saturated heterocycles. The molecule has 158 valence electrons. The Morgan fingerprint density at radius 1 is 0.412 bits per heavy atom. The molecule has 2 heteroatoms. The van der Waals surface area contributed by atoms with Gasteiger partial charge in [-0.15, -0.1) is 0 Å². The monoisotopic (exact) mass is 434 g/mol. The molecular weight excluding hydrogens is 416 g/mol. The van der Waals surface area contributed by atoms with Crippen LogP contribution >= 0.6 is 0 Å². The third-order valence-electron chi connectivity index (χ3n) is 7.06. The van der Waals surface area contributed by atoms with Gasteiger partial charge < -0.3 is 8.83 Å². The summed E-state index contributed by atoms with van der Waals surface area (Å²) < 4.78 is 12.8. The molecule has 0 aliphatic heterocycles. The zero-order chi connectivity index (χ0) is 22.2. The van der Waals surface area contributed by atoms with Gasteiger partial charge in [-0.2, -0.15) is 0 Å². The van der Waals surface area contributed by atoms with E-state index in [-0.39, 0.29) is 0 Å². The zero-order valence-electron chi connectivity index (χ0n) is 18.2. The molecule has 0 spiro atoms. The minimum absolute atomic E-state index is 0.918. The minimum atomic E-state index is 0.918. The van der Waals surface area contributed by atoms with Crippen molar-refractivity contribution in [2.24, 2.45) is 0 Å². The van der Waals surface area contributed by atoms with Gasteiger partial charge in [-0.25, -0.2) is 0 Å².